The summed E-state index contributed by atoms with van der Waals surface area (Å²) in [4.78, 5) is 11.4. The summed E-state index contributed by atoms with van der Waals surface area (Å²) in [5.41, 5.74) is -0.304. The van der Waals surface area contributed by atoms with E-state index in [1.165, 1.54) is 0 Å². The molecule has 0 rings (SSSR count). The minimum absolute atomic E-state index is 0.0286. The molecular formula is C12H25NO3S. The quantitative estimate of drug-likeness (QED) is 0.660. The van der Waals surface area contributed by atoms with Crippen molar-refractivity contribution in [2.45, 2.75) is 45.0 Å². The van der Waals surface area contributed by atoms with Crippen LogP contribution in [0.15, 0.2) is 0 Å². The van der Waals surface area contributed by atoms with Crippen molar-refractivity contribution in [2.24, 2.45) is 0 Å². The summed E-state index contributed by atoms with van der Waals surface area (Å²) < 4.78 is 5.45. The Morgan fingerprint density at radius 1 is 1.47 bits per heavy atom. The minimum atomic E-state index is -0.304. The molecule has 0 aliphatic heterocycles. The van der Waals surface area contributed by atoms with E-state index in [0.717, 1.165) is 6.42 Å². The van der Waals surface area contributed by atoms with E-state index < -0.39 is 0 Å². The number of aliphatic hydroxyl groups is 1. The van der Waals surface area contributed by atoms with Gasteiger partial charge < -0.3 is 15.2 Å². The van der Waals surface area contributed by atoms with Crippen LogP contribution >= 0.6 is 11.8 Å². The van der Waals surface area contributed by atoms with Crippen molar-refractivity contribution in [2.75, 3.05) is 25.5 Å². The molecule has 5 heteroatoms. The third kappa shape index (κ3) is 10.6. The van der Waals surface area contributed by atoms with Crippen molar-refractivity contribution < 1.29 is 14.6 Å². The van der Waals surface area contributed by atoms with Crippen molar-refractivity contribution in [3.63, 3.8) is 0 Å². The van der Waals surface area contributed by atoms with Gasteiger partial charge in [-0.15, -0.1) is 11.8 Å². The van der Waals surface area contributed by atoms with E-state index in [1.54, 1.807) is 11.8 Å². The van der Waals surface area contributed by atoms with Crippen LogP contribution in [0.3, 0.4) is 0 Å². The molecule has 0 unspecified atom stereocenters. The number of aliphatic hydroxyl groups excluding tert-OH is 1. The van der Waals surface area contributed by atoms with E-state index >= 15 is 0 Å². The maximum Gasteiger partial charge on any atom is 0.230 e. The maximum absolute atomic E-state index is 11.4. The van der Waals surface area contributed by atoms with Gasteiger partial charge in [-0.3, -0.25) is 4.79 Å². The van der Waals surface area contributed by atoms with E-state index in [2.05, 4.69) is 19.2 Å². The second-order valence-electron chi connectivity index (χ2n) is 4.79. The molecule has 0 aromatic carbocycles. The number of hydrogen-bond donors (Lipinski definition) is 2. The van der Waals surface area contributed by atoms with E-state index in [1.807, 2.05) is 13.8 Å². The van der Waals surface area contributed by atoms with Gasteiger partial charge in [0.15, 0.2) is 0 Å². The normalized spacial score (nSPS) is 11.9. The average Bonchev–Trinajstić information content (AvgIpc) is 2.23. The van der Waals surface area contributed by atoms with Gasteiger partial charge in [-0.2, -0.15) is 0 Å². The van der Waals surface area contributed by atoms with E-state index in [-0.39, 0.29) is 18.1 Å². The Balaban J connectivity index is 3.64. The molecule has 0 aliphatic carbocycles. The van der Waals surface area contributed by atoms with Crippen molar-refractivity contribution >= 4 is 17.7 Å². The van der Waals surface area contributed by atoms with Gasteiger partial charge in [-0.1, -0.05) is 13.8 Å². The molecule has 17 heavy (non-hydrogen) atoms. The number of ether oxygens (including phenoxy) is 1. The fraction of sp³-hybridized carbons (Fsp3) is 0.917. The third-order valence-electron chi connectivity index (χ3n) is 2.18. The van der Waals surface area contributed by atoms with Crippen molar-refractivity contribution in [1.29, 1.82) is 0 Å². The number of hydrogen-bond acceptors (Lipinski definition) is 4. The molecule has 0 aliphatic rings. The summed E-state index contributed by atoms with van der Waals surface area (Å²) in [6.45, 7) is 9.03. The van der Waals surface area contributed by atoms with Crippen LogP contribution in [0.5, 0.6) is 0 Å². The van der Waals surface area contributed by atoms with Gasteiger partial charge in [-0.05, 0) is 25.5 Å². The smallest absolute Gasteiger partial charge is 0.230 e. The van der Waals surface area contributed by atoms with Gasteiger partial charge in [0.25, 0.3) is 0 Å². The second kappa shape index (κ2) is 8.78. The molecule has 0 saturated carbocycles. The third-order valence-corrected chi connectivity index (χ3v) is 3.28. The summed E-state index contributed by atoms with van der Waals surface area (Å²) in [6.07, 6.45) is 0.741. The predicted octanol–water partition coefficient (Wildman–Crippen LogP) is 1.42. The molecule has 0 fully saturated rings. The van der Waals surface area contributed by atoms with Crippen LogP contribution in [0.4, 0.5) is 0 Å². The summed E-state index contributed by atoms with van der Waals surface area (Å²) in [5, 5.41) is 12.0. The van der Waals surface area contributed by atoms with Gasteiger partial charge in [0.1, 0.15) is 0 Å². The largest absolute Gasteiger partial charge is 0.394 e. The molecule has 102 valence electrons. The lowest BCUT2D eigenvalue weighted by molar-refractivity contribution is -0.118. The molecule has 0 saturated heterocycles. The van der Waals surface area contributed by atoms with Gasteiger partial charge in [0.05, 0.1) is 24.6 Å². The zero-order valence-corrected chi connectivity index (χ0v) is 12.1. The van der Waals surface area contributed by atoms with Gasteiger partial charge in [-0.25, -0.2) is 0 Å². The molecule has 0 atom stereocenters. The Morgan fingerprint density at radius 2 is 2.12 bits per heavy atom. The van der Waals surface area contributed by atoms with Crippen LogP contribution in [0.25, 0.3) is 0 Å². The summed E-state index contributed by atoms with van der Waals surface area (Å²) >= 11 is 1.63. The number of carbonyl (C=O) groups is 1. The predicted molar refractivity (Wildman–Crippen MR) is 72.3 cm³/mol. The fourth-order valence-electron chi connectivity index (χ4n) is 1.19. The first-order valence-electron chi connectivity index (χ1n) is 6.00. The molecule has 0 bridgehead atoms. The van der Waals surface area contributed by atoms with Crippen LogP contribution in [0, 0.1) is 0 Å². The standard InChI is InChI=1S/C12H25NO3S/c1-10(2)17-9-11(15)13-6-5-12(3,4)16-8-7-14/h10,14H,5-9H2,1-4H3,(H,13,15). The Bertz CT molecular complexity index is 220. The molecule has 2 N–H and O–H groups in total. The highest BCUT2D eigenvalue weighted by molar-refractivity contribution is 8.00. The van der Waals surface area contributed by atoms with E-state index in [9.17, 15) is 4.79 Å². The highest BCUT2D eigenvalue weighted by Crippen LogP contribution is 2.13. The molecule has 0 aromatic heterocycles. The van der Waals surface area contributed by atoms with Gasteiger partial charge in [0, 0.05) is 6.54 Å². The first kappa shape index (κ1) is 16.7. The highest BCUT2D eigenvalue weighted by atomic mass is 32.2. The second-order valence-corrected chi connectivity index (χ2v) is 6.36. The lowest BCUT2D eigenvalue weighted by Gasteiger charge is -2.25. The number of rotatable bonds is 9. The number of carbonyl (C=O) groups excluding carboxylic acids is 1. The zero-order chi connectivity index (χ0) is 13.3. The summed E-state index contributed by atoms with van der Waals surface area (Å²) in [7, 11) is 0. The molecule has 4 nitrogen and oxygen atoms in total. The molecule has 0 radical (unpaired) electrons. The average molecular weight is 263 g/mol. The lowest BCUT2D eigenvalue weighted by Crippen LogP contribution is -2.34. The zero-order valence-electron chi connectivity index (χ0n) is 11.3. The number of nitrogens with one attached hydrogen (secondary N) is 1. The van der Waals surface area contributed by atoms with E-state index in [4.69, 9.17) is 9.84 Å². The Labute approximate surface area is 108 Å². The minimum Gasteiger partial charge on any atom is -0.394 e. The Kier molecular flexibility index (Phi) is 8.64. The number of thioether (sulfide) groups is 1. The summed E-state index contributed by atoms with van der Waals surface area (Å²) in [5.74, 6) is 0.580. The monoisotopic (exact) mass is 263 g/mol. The van der Waals surface area contributed by atoms with Crippen LogP contribution in [-0.2, 0) is 9.53 Å². The lowest BCUT2D eigenvalue weighted by atomic mass is 10.1. The summed E-state index contributed by atoms with van der Waals surface area (Å²) in [6, 6.07) is 0. The van der Waals surface area contributed by atoms with Crippen molar-refractivity contribution in [3.05, 3.63) is 0 Å². The maximum atomic E-state index is 11.4. The molecule has 0 heterocycles. The van der Waals surface area contributed by atoms with Gasteiger partial charge >= 0.3 is 0 Å². The van der Waals surface area contributed by atoms with Crippen molar-refractivity contribution in [1.82, 2.24) is 5.32 Å². The highest BCUT2D eigenvalue weighted by Gasteiger charge is 2.17. The molecular weight excluding hydrogens is 238 g/mol. The van der Waals surface area contributed by atoms with Crippen LogP contribution < -0.4 is 5.32 Å². The fourth-order valence-corrected chi connectivity index (χ4v) is 1.78. The first-order chi connectivity index (χ1) is 7.87. The van der Waals surface area contributed by atoms with E-state index in [0.29, 0.717) is 24.2 Å². The number of amides is 1. The molecule has 0 aromatic rings. The Morgan fingerprint density at radius 3 is 2.65 bits per heavy atom. The first-order valence-corrected chi connectivity index (χ1v) is 7.05. The SMILES string of the molecule is CC(C)SCC(=O)NCCC(C)(C)OCCO. The Hall–Kier alpha value is -0.260. The molecule has 1 amide bonds. The van der Waals surface area contributed by atoms with Crippen LogP contribution in [-0.4, -0.2) is 47.4 Å². The molecule has 0 spiro atoms. The van der Waals surface area contributed by atoms with Crippen LogP contribution in [0.2, 0.25) is 0 Å². The topological polar surface area (TPSA) is 58.6 Å². The van der Waals surface area contributed by atoms with Crippen LogP contribution in [0.1, 0.15) is 34.1 Å². The van der Waals surface area contributed by atoms with Crippen molar-refractivity contribution in [3.8, 4) is 0 Å². The van der Waals surface area contributed by atoms with Gasteiger partial charge in [0.2, 0.25) is 5.91 Å².